The average molecular weight is 474 g/mol. The van der Waals surface area contributed by atoms with Gasteiger partial charge in [0.2, 0.25) is 21.8 Å². The zero-order valence-corrected chi connectivity index (χ0v) is 20.9. The summed E-state index contributed by atoms with van der Waals surface area (Å²) in [7, 11) is -3.73. The van der Waals surface area contributed by atoms with Crippen LogP contribution < -0.4 is 9.62 Å². The van der Waals surface area contributed by atoms with Crippen molar-refractivity contribution in [3.8, 4) is 0 Å². The first kappa shape index (κ1) is 26.4. The van der Waals surface area contributed by atoms with E-state index >= 15 is 0 Å². The van der Waals surface area contributed by atoms with Gasteiger partial charge < -0.3 is 10.2 Å². The molecule has 0 saturated carbocycles. The van der Waals surface area contributed by atoms with Crippen LogP contribution in [0.1, 0.15) is 38.3 Å². The second kappa shape index (κ2) is 11.8. The Morgan fingerprint density at radius 1 is 1.00 bits per heavy atom. The van der Waals surface area contributed by atoms with Crippen molar-refractivity contribution < 1.29 is 18.0 Å². The Labute approximate surface area is 197 Å². The van der Waals surface area contributed by atoms with Gasteiger partial charge in [-0.05, 0) is 36.5 Å². The third kappa shape index (κ3) is 7.60. The van der Waals surface area contributed by atoms with Crippen LogP contribution in [0.5, 0.6) is 0 Å². The molecule has 0 aliphatic heterocycles. The summed E-state index contributed by atoms with van der Waals surface area (Å²) in [5, 5.41) is 2.91. The van der Waals surface area contributed by atoms with Gasteiger partial charge >= 0.3 is 0 Å². The van der Waals surface area contributed by atoms with E-state index in [-0.39, 0.29) is 24.9 Å². The van der Waals surface area contributed by atoms with Gasteiger partial charge in [0.15, 0.2) is 0 Å². The molecule has 2 amide bonds. The summed E-state index contributed by atoms with van der Waals surface area (Å²) < 4.78 is 26.4. The molecule has 2 aromatic carbocycles. The van der Waals surface area contributed by atoms with Crippen LogP contribution in [0.15, 0.2) is 54.6 Å². The fourth-order valence-corrected chi connectivity index (χ4v) is 4.47. The van der Waals surface area contributed by atoms with Crippen LogP contribution in [-0.2, 0) is 26.2 Å². The van der Waals surface area contributed by atoms with E-state index in [1.54, 1.807) is 25.1 Å². The smallest absolute Gasteiger partial charge is 0.244 e. The normalized spacial score (nSPS) is 12.3. The first-order valence-electron chi connectivity index (χ1n) is 11.2. The van der Waals surface area contributed by atoms with E-state index in [2.05, 4.69) is 5.32 Å². The molecule has 1 N–H and O–H groups in total. The van der Waals surface area contributed by atoms with E-state index in [1.165, 1.54) is 4.90 Å². The molecule has 0 spiro atoms. The summed E-state index contributed by atoms with van der Waals surface area (Å²) in [6.07, 6.45) is 1.49. The van der Waals surface area contributed by atoms with E-state index in [9.17, 15) is 18.0 Å². The number of hydrogen-bond donors (Lipinski definition) is 1. The van der Waals surface area contributed by atoms with Gasteiger partial charge in [-0.3, -0.25) is 13.9 Å². The molecule has 0 fully saturated rings. The minimum atomic E-state index is -3.73. The molecule has 1 atom stereocenters. The van der Waals surface area contributed by atoms with Gasteiger partial charge in [0.05, 0.1) is 11.9 Å². The molecule has 0 aliphatic rings. The number of anilines is 1. The number of aryl methyl sites for hydroxylation is 1. The van der Waals surface area contributed by atoms with Crippen molar-refractivity contribution in [2.75, 3.05) is 23.7 Å². The maximum Gasteiger partial charge on any atom is 0.244 e. The van der Waals surface area contributed by atoms with Crippen molar-refractivity contribution >= 4 is 27.5 Å². The van der Waals surface area contributed by atoms with Gasteiger partial charge in [0, 0.05) is 13.1 Å². The molecule has 7 nitrogen and oxygen atoms in total. The van der Waals surface area contributed by atoms with E-state index in [4.69, 9.17) is 0 Å². The lowest BCUT2D eigenvalue weighted by molar-refractivity contribution is -0.140. The fraction of sp³-hybridized carbons (Fsp3) is 0.440. The van der Waals surface area contributed by atoms with Crippen molar-refractivity contribution in [1.29, 1.82) is 0 Å². The Morgan fingerprint density at radius 2 is 1.61 bits per heavy atom. The quantitative estimate of drug-likeness (QED) is 0.542. The molecule has 2 aromatic rings. The van der Waals surface area contributed by atoms with E-state index in [0.29, 0.717) is 18.7 Å². The first-order valence-corrected chi connectivity index (χ1v) is 13.0. The highest BCUT2D eigenvalue weighted by atomic mass is 32.2. The molecule has 2 rings (SSSR count). The summed E-state index contributed by atoms with van der Waals surface area (Å²) in [5.41, 5.74) is 2.06. The largest absolute Gasteiger partial charge is 0.354 e. The predicted octanol–water partition coefficient (Wildman–Crippen LogP) is 3.34. The average Bonchev–Trinajstić information content (AvgIpc) is 2.76. The Balaban J connectivity index is 2.40. The van der Waals surface area contributed by atoms with Crippen LogP contribution in [0.2, 0.25) is 0 Å². The molecule has 0 heterocycles. The van der Waals surface area contributed by atoms with E-state index in [1.807, 2.05) is 57.2 Å². The van der Waals surface area contributed by atoms with Crippen molar-refractivity contribution in [1.82, 2.24) is 10.2 Å². The Kier molecular flexibility index (Phi) is 9.46. The molecule has 8 heteroatoms. The highest BCUT2D eigenvalue weighted by Crippen LogP contribution is 2.23. The van der Waals surface area contributed by atoms with E-state index < -0.39 is 22.0 Å². The van der Waals surface area contributed by atoms with Crippen molar-refractivity contribution in [2.24, 2.45) is 5.92 Å². The Bertz CT molecular complexity index is 1040. The summed E-state index contributed by atoms with van der Waals surface area (Å²) in [6.45, 7) is 7.97. The monoisotopic (exact) mass is 473 g/mol. The zero-order valence-electron chi connectivity index (χ0n) is 20.1. The number of rotatable bonds is 11. The number of nitrogens with zero attached hydrogens (tertiary/aromatic N) is 2. The number of hydrogen-bond acceptors (Lipinski definition) is 4. The lowest BCUT2D eigenvalue weighted by Crippen LogP contribution is -2.52. The van der Waals surface area contributed by atoms with Gasteiger partial charge in [-0.25, -0.2) is 8.42 Å². The number of sulfonamides is 1. The topological polar surface area (TPSA) is 86.8 Å². The summed E-state index contributed by atoms with van der Waals surface area (Å²) in [6, 6.07) is 15.7. The lowest BCUT2D eigenvalue weighted by Gasteiger charge is -2.33. The Hall–Kier alpha value is -2.87. The molecule has 0 bridgehead atoms. The van der Waals surface area contributed by atoms with Crippen LogP contribution in [0.25, 0.3) is 0 Å². The molecular weight excluding hydrogens is 438 g/mol. The van der Waals surface area contributed by atoms with Crippen LogP contribution in [0, 0.1) is 12.8 Å². The van der Waals surface area contributed by atoms with Crippen LogP contribution in [-0.4, -0.2) is 50.5 Å². The van der Waals surface area contributed by atoms with E-state index in [0.717, 1.165) is 21.7 Å². The number of amides is 2. The molecule has 0 saturated heterocycles. The first-order chi connectivity index (χ1) is 15.5. The second-order valence-corrected chi connectivity index (χ2v) is 10.5. The highest BCUT2D eigenvalue weighted by Gasteiger charge is 2.32. The van der Waals surface area contributed by atoms with Crippen molar-refractivity contribution in [2.45, 2.75) is 46.7 Å². The van der Waals surface area contributed by atoms with Gasteiger partial charge in [0.25, 0.3) is 0 Å². The molecule has 0 aromatic heterocycles. The number of carbonyl (C=O) groups excluding carboxylic acids is 2. The highest BCUT2D eigenvalue weighted by molar-refractivity contribution is 7.92. The van der Waals surface area contributed by atoms with Gasteiger partial charge in [-0.2, -0.15) is 0 Å². The zero-order chi connectivity index (χ0) is 24.6. The third-order valence-electron chi connectivity index (χ3n) is 5.33. The van der Waals surface area contributed by atoms with Gasteiger partial charge in [-0.15, -0.1) is 0 Å². The molecule has 33 heavy (non-hydrogen) atoms. The summed E-state index contributed by atoms with van der Waals surface area (Å²) in [4.78, 5) is 28.0. The number of carbonyl (C=O) groups is 2. The third-order valence-corrected chi connectivity index (χ3v) is 6.46. The van der Waals surface area contributed by atoms with Crippen LogP contribution >= 0.6 is 0 Å². The van der Waals surface area contributed by atoms with Crippen LogP contribution in [0.3, 0.4) is 0 Å². The van der Waals surface area contributed by atoms with Crippen LogP contribution in [0.4, 0.5) is 5.69 Å². The minimum absolute atomic E-state index is 0.207. The number of benzene rings is 2. The van der Waals surface area contributed by atoms with Gasteiger partial charge in [0.1, 0.15) is 12.6 Å². The minimum Gasteiger partial charge on any atom is -0.354 e. The fourth-order valence-electron chi connectivity index (χ4n) is 3.56. The lowest BCUT2D eigenvalue weighted by atomic mass is 10.1. The summed E-state index contributed by atoms with van der Waals surface area (Å²) in [5.74, 6) is -0.400. The molecular formula is C25H35N3O4S. The maximum absolute atomic E-state index is 13.6. The molecule has 0 unspecified atom stereocenters. The SMILES string of the molecule is CC[C@H](C(=O)NCC(C)C)N(Cc1ccccc1)C(=O)CN(c1ccccc1C)S(C)(=O)=O. The molecule has 0 radical (unpaired) electrons. The van der Waals surface area contributed by atoms with Gasteiger partial charge in [-0.1, -0.05) is 69.3 Å². The maximum atomic E-state index is 13.6. The summed E-state index contributed by atoms with van der Waals surface area (Å²) >= 11 is 0. The second-order valence-electron chi connectivity index (χ2n) is 8.63. The van der Waals surface area contributed by atoms with Crippen molar-refractivity contribution in [3.05, 3.63) is 65.7 Å². The Morgan fingerprint density at radius 3 is 2.15 bits per heavy atom. The molecule has 180 valence electrons. The number of para-hydroxylation sites is 1. The molecule has 0 aliphatic carbocycles. The number of nitrogens with one attached hydrogen (secondary N) is 1. The predicted molar refractivity (Wildman–Crippen MR) is 132 cm³/mol. The van der Waals surface area contributed by atoms with Crippen molar-refractivity contribution in [3.63, 3.8) is 0 Å². The standard InChI is InChI=1S/C25H35N3O4S/c1-6-22(25(30)26-16-19(2)3)27(17-21-13-8-7-9-14-21)24(29)18-28(33(5,31)32)23-15-11-10-12-20(23)4/h7-15,19,22H,6,16-18H2,1-5H3,(H,26,30)/t22-/m1/s1.